The third-order valence-corrected chi connectivity index (χ3v) is 2.25. The monoisotopic (exact) mass is 275 g/mol. The third kappa shape index (κ3) is 6.10. The van der Waals surface area contributed by atoms with Gasteiger partial charge in [0.15, 0.2) is 6.29 Å². The molecule has 0 heterocycles. The molecule has 0 N–H and O–H groups in total. The van der Waals surface area contributed by atoms with Crippen molar-refractivity contribution in [3.05, 3.63) is 34.6 Å². The molecular formula is C13H19ClFNO2. The Balaban J connectivity index is 0.00000137. The normalized spacial score (nSPS) is 10.6. The van der Waals surface area contributed by atoms with E-state index in [9.17, 15) is 4.39 Å². The van der Waals surface area contributed by atoms with Gasteiger partial charge in [-0.25, -0.2) is 4.39 Å². The summed E-state index contributed by atoms with van der Waals surface area (Å²) >= 11 is 5.62. The highest BCUT2D eigenvalue weighted by Gasteiger charge is 2.02. The van der Waals surface area contributed by atoms with Crippen molar-refractivity contribution in [1.29, 1.82) is 0 Å². The minimum Gasteiger partial charge on any atom is -0.354 e. The molecule has 0 unspecified atom stereocenters. The minimum atomic E-state index is -0.439. The van der Waals surface area contributed by atoms with Crippen LogP contribution in [0.15, 0.2) is 23.2 Å². The number of ether oxygens (including phenoxy) is 2. The lowest BCUT2D eigenvalue weighted by Gasteiger charge is -2.09. The highest BCUT2D eigenvalue weighted by Crippen LogP contribution is 2.14. The standard InChI is InChI=1S/C11H13ClFNO2.C2H6/c1-15-11(16-2)7-14-6-8-3-4-10(13)9(12)5-8;1-2/h3-6,11H,7H2,1-2H3;1-2H3. The highest BCUT2D eigenvalue weighted by molar-refractivity contribution is 6.31. The quantitative estimate of drug-likeness (QED) is 0.608. The first kappa shape index (κ1) is 17.0. The Hall–Kier alpha value is -0.970. The molecule has 3 nitrogen and oxygen atoms in total. The Morgan fingerprint density at radius 2 is 1.94 bits per heavy atom. The van der Waals surface area contributed by atoms with Crippen LogP contribution >= 0.6 is 11.6 Å². The Morgan fingerprint density at radius 3 is 2.44 bits per heavy atom. The predicted molar refractivity (Wildman–Crippen MR) is 73.0 cm³/mol. The molecule has 0 spiro atoms. The summed E-state index contributed by atoms with van der Waals surface area (Å²) in [6.45, 7) is 4.38. The van der Waals surface area contributed by atoms with E-state index in [4.69, 9.17) is 21.1 Å². The molecule has 0 aliphatic carbocycles. The van der Waals surface area contributed by atoms with Gasteiger partial charge in [-0.05, 0) is 17.7 Å². The zero-order chi connectivity index (χ0) is 14.0. The molecule has 1 aromatic carbocycles. The van der Waals surface area contributed by atoms with Gasteiger partial charge in [0.05, 0.1) is 11.6 Å². The van der Waals surface area contributed by atoms with Gasteiger partial charge in [-0.2, -0.15) is 0 Å². The van der Waals surface area contributed by atoms with Gasteiger partial charge in [0.25, 0.3) is 0 Å². The third-order valence-electron chi connectivity index (χ3n) is 1.96. The zero-order valence-corrected chi connectivity index (χ0v) is 11.9. The van der Waals surface area contributed by atoms with Crippen molar-refractivity contribution in [3.63, 3.8) is 0 Å². The molecule has 1 rings (SSSR count). The summed E-state index contributed by atoms with van der Waals surface area (Å²) in [7, 11) is 3.08. The number of nitrogens with zero attached hydrogens (tertiary/aromatic N) is 1. The van der Waals surface area contributed by atoms with E-state index in [0.29, 0.717) is 6.54 Å². The SMILES string of the molecule is CC.COC(CN=Cc1ccc(F)c(Cl)c1)OC. The van der Waals surface area contributed by atoms with Crippen molar-refractivity contribution in [2.45, 2.75) is 20.1 Å². The van der Waals surface area contributed by atoms with Crippen LogP contribution in [0.25, 0.3) is 0 Å². The molecule has 5 heteroatoms. The van der Waals surface area contributed by atoms with Gasteiger partial charge < -0.3 is 9.47 Å². The molecule has 0 saturated heterocycles. The second kappa shape index (κ2) is 10.00. The second-order valence-corrected chi connectivity index (χ2v) is 3.48. The van der Waals surface area contributed by atoms with Gasteiger partial charge >= 0.3 is 0 Å². The number of hydrogen-bond acceptors (Lipinski definition) is 3. The lowest BCUT2D eigenvalue weighted by atomic mass is 10.2. The van der Waals surface area contributed by atoms with E-state index in [2.05, 4.69) is 4.99 Å². The van der Waals surface area contributed by atoms with E-state index in [-0.39, 0.29) is 11.3 Å². The van der Waals surface area contributed by atoms with Crippen LogP contribution in [0.2, 0.25) is 5.02 Å². The summed E-state index contributed by atoms with van der Waals surface area (Å²) in [5.41, 5.74) is 0.734. The van der Waals surface area contributed by atoms with Crippen molar-refractivity contribution >= 4 is 17.8 Å². The first-order chi connectivity index (χ1) is 8.67. The maximum Gasteiger partial charge on any atom is 0.176 e. The average Bonchev–Trinajstić information content (AvgIpc) is 2.41. The minimum absolute atomic E-state index is 0.0824. The van der Waals surface area contributed by atoms with E-state index in [1.54, 1.807) is 26.5 Å². The topological polar surface area (TPSA) is 30.8 Å². The number of halogens is 2. The Morgan fingerprint density at radius 1 is 1.33 bits per heavy atom. The number of rotatable bonds is 5. The molecule has 1 aromatic rings. The summed E-state index contributed by atoms with van der Waals surface area (Å²) in [5, 5.41) is 0.0824. The van der Waals surface area contributed by atoms with Crippen LogP contribution in [0, 0.1) is 5.82 Å². The first-order valence-corrected chi connectivity index (χ1v) is 6.05. The van der Waals surface area contributed by atoms with Crippen molar-refractivity contribution in [3.8, 4) is 0 Å². The first-order valence-electron chi connectivity index (χ1n) is 5.68. The molecule has 0 fully saturated rings. The maximum absolute atomic E-state index is 12.8. The van der Waals surface area contributed by atoms with E-state index in [0.717, 1.165) is 5.56 Å². The van der Waals surface area contributed by atoms with Crippen molar-refractivity contribution < 1.29 is 13.9 Å². The summed E-state index contributed by atoms with van der Waals surface area (Å²) < 4.78 is 22.8. The second-order valence-electron chi connectivity index (χ2n) is 3.07. The zero-order valence-electron chi connectivity index (χ0n) is 11.1. The van der Waals surface area contributed by atoms with Gasteiger partial charge in [0.1, 0.15) is 5.82 Å². The Kier molecular flexibility index (Phi) is 9.46. The molecule has 102 valence electrons. The Labute approximate surface area is 113 Å². The van der Waals surface area contributed by atoms with Crippen LogP contribution in [-0.2, 0) is 9.47 Å². The van der Waals surface area contributed by atoms with E-state index in [1.807, 2.05) is 13.8 Å². The average molecular weight is 276 g/mol. The molecule has 0 radical (unpaired) electrons. The fourth-order valence-electron chi connectivity index (χ4n) is 1.08. The largest absolute Gasteiger partial charge is 0.354 e. The van der Waals surface area contributed by atoms with E-state index < -0.39 is 5.82 Å². The number of hydrogen-bond donors (Lipinski definition) is 0. The molecule has 18 heavy (non-hydrogen) atoms. The van der Waals surface area contributed by atoms with Crippen LogP contribution in [0.1, 0.15) is 19.4 Å². The number of methoxy groups -OCH3 is 2. The van der Waals surface area contributed by atoms with Crippen LogP contribution in [-0.4, -0.2) is 33.3 Å². The van der Waals surface area contributed by atoms with Gasteiger partial charge in [0.2, 0.25) is 0 Å². The fraction of sp³-hybridized carbons (Fsp3) is 0.462. The highest BCUT2D eigenvalue weighted by atomic mass is 35.5. The molecule has 0 aliphatic rings. The lowest BCUT2D eigenvalue weighted by molar-refractivity contribution is -0.0936. The summed E-state index contributed by atoms with van der Waals surface area (Å²) in [6, 6.07) is 4.40. The summed E-state index contributed by atoms with van der Waals surface area (Å²) in [4.78, 5) is 4.10. The van der Waals surface area contributed by atoms with Crippen LogP contribution in [0.4, 0.5) is 4.39 Å². The van der Waals surface area contributed by atoms with Crippen molar-refractivity contribution in [2.75, 3.05) is 20.8 Å². The van der Waals surface area contributed by atoms with Gasteiger partial charge in [0, 0.05) is 20.4 Å². The molecule has 0 bridgehead atoms. The smallest absolute Gasteiger partial charge is 0.176 e. The number of aliphatic imine (C=N–C) groups is 1. The maximum atomic E-state index is 12.8. The van der Waals surface area contributed by atoms with Gasteiger partial charge in [-0.3, -0.25) is 4.99 Å². The van der Waals surface area contributed by atoms with Gasteiger partial charge in [-0.1, -0.05) is 31.5 Å². The van der Waals surface area contributed by atoms with Crippen molar-refractivity contribution in [1.82, 2.24) is 0 Å². The summed E-state index contributed by atoms with van der Waals surface area (Å²) in [5.74, 6) is -0.439. The molecule has 0 saturated carbocycles. The molecule has 0 aromatic heterocycles. The van der Waals surface area contributed by atoms with E-state index in [1.165, 1.54) is 12.1 Å². The van der Waals surface area contributed by atoms with Crippen LogP contribution in [0.3, 0.4) is 0 Å². The van der Waals surface area contributed by atoms with Crippen molar-refractivity contribution in [2.24, 2.45) is 4.99 Å². The molecule has 0 aliphatic heterocycles. The van der Waals surface area contributed by atoms with Crippen LogP contribution < -0.4 is 0 Å². The number of benzene rings is 1. The Bertz CT molecular complexity index is 368. The molecule has 0 amide bonds. The van der Waals surface area contributed by atoms with Gasteiger partial charge in [-0.15, -0.1) is 0 Å². The fourth-order valence-corrected chi connectivity index (χ4v) is 1.27. The molecule has 0 atom stereocenters. The van der Waals surface area contributed by atoms with E-state index >= 15 is 0 Å². The predicted octanol–water partition coefficient (Wildman–Crippen LogP) is 3.54. The molecular weight excluding hydrogens is 257 g/mol. The van der Waals surface area contributed by atoms with Crippen LogP contribution in [0.5, 0.6) is 0 Å². The summed E-state index contributed by atoms with van der Waals surface area (Å²) in [6.07, 6.45) is 1.23. The lowest BCUT2D eigenvalue weighted by Crippen LogP contribution is -2.16.